The number of nitrogens with two attached hydrogens (primary N) is 1. The van der Waals surface area contributed by atoms with Gasteiger partial charge in [0.2, 0.25) is 5.28 Å². The predicted octanol–water partition coefficient (Wildman–Crippen LogP) is 4.24. The number of rotatable bonds is 6. The van der Waals surface area contributed by atoms with Crippen LogP contribution >= 0.6 is 34.7 Å². The van der Waals surface area contributed by atoms with Crippen LogP contribution < -0.4 is 11.1 Å². The number of nitrogens with zero attached hydrogens (tertiary/aromatic N) is 4. The van der Waals surface area contributed by atoms with Crippen molar-refractivity contribution in [2.24, 2.45) is 5.73 Å². The van der Waals surface area contributed by atoms with Gasteiger partial charge in [0.05, 0.1) is 18.7 Å². The van der Waals surface area contributed by atoms with Gasteiger partial charge in [0.15, 0.2) is 5.82 Å². The van der Waals surface area contributed by atoms with E-state index in [1.54, 1.807) is 6.92 Å². The molecule has 0 radical (unpaired) electrons. The molecule has 0 spiro atoms. The summed E-state index contributed by atoms with van der Waals surface area (Å²) in [5.74, 6) is 0.415. The van der Waals surface area contributed by atoms with Crippen LogP contribution in [0.1, 0.15) is 23.2 Å². The first-order valence-corrected chi connectivity index (χ1v) is 9.43. The first kappa shape index (κ1) is 20.1. The van der Waals surface area contributed by atoms with Gasteiger partial charge in [0.1, 0.15) is 10.7 Å². The molecule has 0 aliphatic carbocycles. The second-order valence-corrected chi connectivity index (χ2v) is 7.37. The number of halogens is 5. The number of aryl methyl sites for hydroxylation is 1. The minimum absolute atomic E-state index is 0.0450. The molecule has 3 aromatic heterocycles. The predicted molar refractivity (Wildman–Crippen MR) is 99.5 cm³/mol. The van der Waals surface area contributed by atoms with Gasteiger partial charge in [-0.05, 0) is 53.7 Å². The van der Waals surface area contributed by atoms with Crippen molar-refractivity contribution in [3.63, 3.8) is 0 Å². The Bertz CT molecular complexity index is 942. The van der Waals surface area contributed by atoms with Gasteiger partial charge in [-0.3, -0.25) is 0 Å². The summed E-state index contributed by atoms with van der Waals surface area (Å²) < 4.78 is 43.3. The summed E-state index contributed by atoms with van der Waals surface area (Å²) in [5.41, 5.74) is 8.16. The van der Waals surface area contributed by atoms with Gasteiger partial charge < -0.3 is 11.1 Å². The third kappa shape index (κ3) is 4.63. The van der Waals surface area contributed by atoms with E-state index in [2.05, 4.69) is 19.8 Å². The van der Waals surface area contributed by atoms with E-state index in [9.17, 15) is 13.2 Å². The topological polar surface area (TPSA) is 81.1 Å². The maximum atomic E-state index is 12.6. The Balaban J connectivity index is 1.96. The molecule has 3 rings (SSSR count). The second kappa shape index (κ2) is 7.78. The fourth-order valence-corrected chi connectivity index (χ4v) is 3.84. The first-order valence-electron chi connectivity index (χ1n) is 7.84. The van der Waals surface area contributed by atoms with E-state index in [0.717, 1.165) is 5.69 Å². The van der Waals surface area contributed by atoms with Crippen molar-refractivity contribution >= 4 is 46.1 Å². The molecule has 0 aliphatic rings. The highest BCUT2D eigenvalue weighted by molar-refractivity contribution is 7.03. The lowest BCUT2D eigenvalue weighted by Crippen LogP contribution is -2.29. The van der Waals surface area contributed by atoms with Crippen LogP contribution in [-0.2, 0) is 13.0 Å². The summed E-state index contributed by atoms with van der Waals surface area (Å²) in [5, 5.41) is 9.15. The van der Waals surface area contributed by atoms with Crippen molar-refractivity contribution in [1.29, 1.82) is 0 Å². The Hall–Kier alpha value is -1.62. The maximum absolute atomic E-state index is 12.6. The molecule has 0 fully saturated rings. The van der Waals surface area contributed by atoms with Crippen LogP contribution in [0.5, 0.6) is 0 Å². The lowest BCUT2D eigenvalue weighted by molar-refractivity contribution is -0.138. The van der Waals surface area contributed by atoms with Crippen LogP contribution in [0, 0.1) is 6.92 Å². The molecule has 146 valence electrons. The molecule has 3 aromatic rings. The quantitative estimate of drug-likeness (QED) is 0.601. The van der Waals surface area contributed by atoms with Crippen molar-refractivity contribution in [2.45, 2.75) is 38.5 Å². The summed E-state index contributed by atoms with van der Waals surface area (Å²) in [6, 6.07) is 0.741. The number of nitrogens with one attached hydrogen (secondary N) is 1. The highest BCUT2D eigenvalue weighted by Gasteiger charge is 2.31. The van der Waals surface area contributed by atoms with E-state index in [1.807, 2.05) is 11.4 Å². The highest BCUT2D eigenvalue weighted by Crippen LogP contribution is 2.33. The van der Waals surface area contributed by atoms with Crippen molar-refractivity contribution in [3.8, 4) is 0 Å². The molecule has 0 saturated carbocycles. The molecule has 3 N–H and O–H groups in total. The van der Waals surface area contributed by atoms with Crippen LogP contribution in [0.3, 0.4) is 0 Å². The normalized spacial score (nSPS) is 13.3. The molecule has 0 saturated heterocycles. The van der Waals surface area contributed by atoms with Crippen molar-refractivity contribution < 1.29 is 13.2 Å². The summed E-state index contributed by atoms with van der Waals surface area (Å²) in [4.78, 5) is 4.18. The Morgan fingerprint density at radius 1 is 1.37 bits per heavy atom. The van der Waals surface area contributed by atoms with Crippen LogP contribution in [0.2, 0.25) is 10.4 Å². The summed E-state index contributed by atoms with van der Waals surface area (Å²) in [6.07, 6.45) is -5.49. The zero-order valence-corrected chi connectivity index (χ0v) is 16.3. The van der Waals surface area contributed by atoms with Gasteiger partial charge in [-0.15, -0.1) is 5.10 Å². The highest BCUT2D eigenvalue weighted by atomic mass is 35.5. The van der Waals surface area contributed by atoms with E-state index in [1.165, 1.54) is 16.0 Å². The Kier molecular flexibility index (Phi) is 5.80. The standard InChI is InChI=1S/C15H15Cl2F3N6S/c1-7-10(4-8(21)5-15(18,19)20)12(16)26-11(7)13(23-14(17)24-26)22-6-9-2-3-27-25-9/h2-3,8H,4-6,21H2,1H3,(H,22,23,24)/t8-/m1/s1. The molecule has 0 aromatic carbocycles. The van der Waals surface area contributed by atoms with Crippen LogP contribution in [0.15, 0.2) is 11.4 Å². The number of aromatic nitrogens is 4. The van der Waals surface area contributed by atoms with Gasteiger partial charge in [0.25, 0.3) is 0 Å². The van der Waals surface area contributed by atoms with Crippen LogP contribution in [0.25, 0.3) is 5.52 Å². The SMILES string of the molecule is Cc1c(C[C@@H](N)CC(F)(F)F)c(Cl)n2nc(Cl)nc(NCc3ccsn3)c12. The van der Waals surface area contributed by atoms with E-state index in [-0.39, 0.29) is 16.9 Å². The fourth-order valence-electron chi connectivity index (χ4n) is 2.80. The largest absolute Gasteiger partial charge is 0.390 e. The fraction of sp³-hybridized carbons (Fsp3) is 0.400. The second-order valence-electron chi connectivity index (χ2n) is 6.01. The Morgan fingerprint density at radius 3 is 2.74 bits per heavy atom. The molecule has 6 nitrogen and oxygen atoms in total. The van der Waals surface area contributed by atoms with Gasteiger partial charge in [-0.25, -0.2) is 4.52 Å². The molecule has 12 heteroatoms. The Labute approximate surface area is 166 Å². The lowest BCUT2D eigenvalue weighted by atomic mass is 10.0. The summed E-state index contributed by atoms with van der Waals surface area (Å²) >= 11 is 13.7. The number of alkyl halides is 3. The molecule has 27 heavy (non-hydrogen) atoms. The molecule has 0 amide bonds. The molecular formula is C15H15Cl2F3N6S. The smallest absolute Gasteiger partial charge is 0.362 e. The van der Waals surface area contributed by atoms with E-state index >= 15 is 0 Å². The van der Waals surface area contributed by atoms with E-state index < -0.39 is 18.6 Å². The average molecular weight is 439 g/mol. The first-order chi connectivity index (χ1) is 12.7. The van der Waals surface area contributed by atoms with Gasteiger partial charge >= 0.3 is 6.18 Å². The van der Waals surface area contributed by atoms with E-state index in [4.69, 9.17) is 28.9 Å². The number of hydrogen-bond acceptors (Lipinski definition) is 6. The molecule has 0 unspecified atom stereocenters. The van der Waals surface area contributed by atoms with Crippen molar-refractivity contribution in [2.75, 3.05) is 5.32 Å². The van der Waals surface area contributed by atoms with Gasteiger partial charge in [-0.1, -0.05) is 11.6 Å². The molecule has 0 bridgehead atoms. The van der Waals surface area contributed by atoms with Crippen LogP contribution in [-0.4, -0.2) is 31.2 Å². The minimum atomic E-state index is -4.34. The number of fused-ring (bicyclic) bond motifs is 1. The lowest BCUT2D eigenvalue weighted by Gasteiger charge is -2.14. The third-order valence-electron chi connectivity index (χ3n) is 3.95. The monoisotopic (exact) mass is 438 g/mol. The van der Waals surface area contributed by atoms with E-state index in [0.29, 0.717) is 29.0 Å². The Morgan fingerprint density at radius 2 is 2.11 bits per heavy atom. The third-order valence-corrected chi connectivity index (χ3v) is 5.10. The average Bonchev–Trinajstić information content (AvgIpc) is 3.14. The summed E-state index contributed by atoms with van der Waals surface area (Å²) in [6.45, 7) is 2.14. The zero-order chi connectivity index (χ0) is 19.8. The van der Waals surface area contributed by atoms with Crippen LogP contribution in [0.4, 0.5) is 19.0 Å². The minimum Gasteiger partial charge on any atom is -0.362 e. The summed E-state index contributed by atoms with van der Waals surface area (Å²) in [7, 11) is 0. The molecule has 3 heterocycles. The molecular weight excluding hydrogens is 424 g/mol. The zero-order valence-electron chi connectivity index (χ0n) is 14.0. The number of hydrogen-bond donors (Lipinski definition) is 2. The van der Waals surface area contributed by atoms with Crippen molar-refractivity contribution in [3.05, 3.63) is 38.7 Å². The molecule has 1 atom stereocenters. The maximum Gasteiger partial charge on any atom is 0.390 e. The van der Waals surface area contributed by atoms with Gasteiger partial charge in [-0.2, -0.15) is 22.5 Å². The van der Waals surface area contributed by atoms with Crippen molar-refractivity contribution in [1.82, 2.24) is 19.0 Å². The van der Waals surface area contributed by atoms with Gasteiger partial charge in [0, 0.05) is 11.4 Å². The molecule has 0 aliphatic heterocycles. The number of anilines is 1.